The molecule has 0 aromatic carbocycles. The second-order valence-corrected chi connectivity index (χ2v) is 6.14. The minimum atomic E-state index is -0.247. The summed E-state index contributed by atoms with van der Waals surface area (Å²) in [6, 6.07) is 3.98. The lowest BCUT2D eigenvalue weighted by atomic mass is 10.1. The van der Waals surface area contributed by atoms with Crippen molar-refractivity contribution in [2.45, 2.75) is 25.9 Å². The topological polar surface area (TPSA) is 71.1 Å². The summed E-state index contributed by atoms with van der Waals surface area (Å²) in [5.74, 6) is 1.40. The molecule has 2 aromatic heterocycles. The van der Waals surface area contributed by atoms with Gasteiger partial charge in [-0.15, -0.1) is 11.3 Å². The van der Waals surface area contributed by atoms with Crippen molar-refractivity contribution in [1.82, 2.24) is 20.1 Å². The first kappa shape index (κ1) is 14.2. The molecule has 112 valence electrons. The molecule has 3 rings (SSSR count). The van der Waals surface area contributed by atoms with Gasteiger partial charge in [-0.05, 0) is 25.3 Å². The quantitative estimate of drug-likeness (QED) is 0.940. The number of aromatic nitrogens is 3. The SMILES string of the molecule is Cc1nc([C@H]2CN(C(=O)[C@H](C)c3cccs3)CCO2)n[nH]1. The van der Waals surface area contributed by atoms with Crippen LogP contribution in [0.4, 0.5) is 0 Å². The van der Waals surface area contributed by atoms with E-state index in [1.165, 1.54) is 0 Å². The highest BCUT2D eigenvalue weighted by Crippen LogP contribution is 2.26. The van der Waals surface area contributed by atoms with Crippen LogP contribution in [0.5, 0.6) is 0 Å². The maximum Gasteiger partial charge on any atom is 0.230 e. The van der Waals surface area contributed by atoms with Crippen molar-refractivity contribution in [3.05, 3.63) is 34.0 Å². The monoisotopic (exact) mass is 306 g/mol. The van der Waals surface area contributed by atoms with Gasteiger partial charge in [-0.25, -0.2) is 4.98 Å². The molecule has 0 radical (unpaired) electrons. The van der Waals surface area contributed by atoms with Gasteiger partial charge in [0, 0.05) is 11.4 Å². The van der Waals surface area contributed by atoms with Crippen molar-refractivity contribution in [2.75, 3.05) is 19.7 Å². The third kappa shape index (κ3) is 2.98. The second-order valence-electron chi connectivity index (χ2n) is 5.16. The number of nitrogens with one attached hydrogen (secondary N) is 1. The van der Waals surface area contributed by atoms with Crippen LogP contribution in [-0.4, -0.2) is 45.7 Å². The number of thiophene rings is 1. The Kier molecular flexibility index (Phi) is 4.03. The molecule has 0 spiro atoms. The van der Waals surface area contributed by atoms with Gasteiger partial charge in [-0.1, -0.05) is 6.07 Å². The summed E-state index contributed by atoms with van der Waals surface area (Å²) in [4.78, 5) is 19.8. The van der Waals surface area contributed by atoms with Crippen molar-refractivity contribution in [2.24, 2.45) is 0 Å². The van der Waals surface area contributed by atoms with Crippen LogP contribution in [0.15, 0.2) is 17.5 Å². The highest BCUT2D eigenvalue weighted by atomic mass is 32.1. The number of hydrogen-bond acceptors (Lipinski definition) is 5. The predicted molar refractivity (Wildman–Crippen MR) is 79.1 cm³/mol. The van der Waals surface area contributed by atoms with Crippen molar-refractivity contribution in [3.8, 4) is 0 Å². The Morgan fingerprint density at radius 1 is 1.62 bits per heavy atom. The molecule has 0 unspecified atom stereocenters. The predicted octanol–water partition coefficient (Wildman–Crippen LogP) is 1.88. The van der Waals surface area contributed by atoms with Crippen LogP contribution in [0.1, 0.15) is 35.5 Å². The van der Waals surface area contributed by atoms with E-state index in [4.69, 9.17) is 4.74 Å². The van der Waals surface area contributed by atoms with Crippen molar-refractivity contribution in [1.29, 1.82) is 0 Å². The molecule has 2 aromatic rings. The van der Waals surface area contributed by atoms with Crippen molar-refractivity contribution < 1.29 is 9.53 Å². The van der Waals surface area contributed by atoms with E-state index in [0.29, 0.717) is 25.5 Å². The summed E-state index contributed by atoms with van der Waals surface area (Å²) in [6.07, 6.45) is -0.247. The highest BCUT2D eigenvalue weighted by Gasteiger charge is 2.30. The molecule has 1 fully saturated rings. The third-order valence-electron chi connectivity index (χ3n) is 3.62. The Morgan fingerprint density at radius 2 is 2.48 bits per heavy atom. The van der Waals surface area contributed by atoms with E-state index in [0.717, 1.165) is 10.7 Å². The summed E-state index contributed by atoms with van der Waals surface area (Å²) < 4.78 is 5.69. The maximum atomic E-state index is 12.6. The molecule has 2 atom stereocenters. The number of ether oxygens (including phenoxy) is 1. The molecular weight excluding hydrogens is 288 g/mol. The zero-order chi connectivity index (χ0) is 14.8. The Labute approximate surface area is 127 Å². The van der Waals surface area contributed by atoms with Crippen LogP contribution in [-0.2, 0) is 9.53 Å². The first-order valence-electron chi connectivity index (χ1n) is 6.98. The molecule has 1 aliphatic rings. The Balaban J connectivity index is 1.69. The maximum absolute atomic E-state index is 12.6. The average molecular weight is 306 g/mol. The molecule has 0 bridgehead atoms. The van der Waals surface area contributed by atoms with E-state index in [9.17, 15) is 4.79 Å². The summed E-state index contributed by atoms with van der Waals surface area (Å²) in [6.45, 7) is 5.44. The number of carbonyl (C=O) groups is 1. The average Bonchev–Trinajstić information content (AvgIpc) is 3.17. The number of morpholine rings is 1. The van der Waals surface area contributed by atoms with Gasteiger partial charge in [0.05, 0.1) is 19.1 Å². The van der Waals surface area contributed by atoms with E-state index >= 15 is 0 Å². The van der Waals surface area contributed by atoms with Gasteiger partial charge in [0.25, 0.3) is 0 Å². The molecule has 1 aliphatic heterocycles. The largest absolute Gasteiger partial charge is 0.366 e. The number of amides is 1. The lowest BCUT2D eigenvalue weighted by Crippen LogP contribution is -2.44. The summed E-state index contributed by atoms with van der Waals surface area (Å²) >= 11 is 1.62. The first-order chi connectivity index (χ1) is 10.1. The van der Waals surface area contributed by atoms with E-state index < -0.39 is 0 Å². The van der Waals surface area contributed by atoms with E-state index in [1.54, 1.807) is 11.3 Å². The van der Waals surface area contributed by atoms with Gasteiger partial charge < -0.3 is 9.64 Å². The van der Waals surface area contributed by atoms with Crippen LogP contribution in [0.2, 0.25) is 0 Å². The first-order valence-corrected chi connectivity index (χ1v) is 7.86. The zero-order valence-electron chi connectivity index (χ0n) is 12.1. The molecular formula is C14H18N4O2S. The number of aromatic amines is 1. The molecule has 7 heteroatoms. The van der Waals surface area contributed by atoms with Gasteiger partial charge in [0.2, 0.25) is 5.91 Å². The van der Waals surface area contributed by atoms with E-state index in [-0.39, 0.29) is 17.9 Å². The molecule has 3 heterocycles. The van der Waals surface area contributed by atoms with Gasteiger partial charge in [0.1, 0.15) is 11.9 Å². The molecule has 6 nitrogen and oxygen atoms in total. The van der Waals surface area contributed by atoms with Crippen LogP contribution < -0.4 is 0 Å². The fourth-order valence-corrected chi connectivity index (χ4v) is 3.22. The molecule has 1 saturated heterocycles. The van der Waals surface area contributed by atoms with Gasteiger partial charge in [0.15, 0.2) is 5.82 Å². The van der Waals surface area contributed by atoms with Crippen LogP contribution in [0.3, 0.4) is 0 Å². The van der Waals surface area contributed by atoms with E-state index in [1.807, 2.05) is 36.3 Å². The lowest BCUT2D eigenvalue weighted by Gasteiger charge is -2.33. The second kappa shape index (κ2) is 5.95. The van der Waals surface area contributed by atoms with Gasteiger partial charge in [-0.2, -0.15) is 5.10 Å². The normalized spacial score (nSPS) is 20.5. The molecule has 0 aliphatic carbocycles. The van der Waals surface area contributed by atoms with Gasteiger partial charge in [-0.3, -0.25) is 9.89 Å². The summed E-state index contributed by atoms with van der Waals surface area (Å²) in [5.41, 5.74) is 0. The number of aryl methyl sites for hydroxylation is 1. The zero-order valence-corrected chi connectivity index (χ0v) is 12.9. The molecule has 21 heavy (non-hydrogen) atoms. The fraction of sp³-hybridized carbons (Fsp3) is 0.500. The van der Waals surface area contributed by atoms with Crippen molar-refractivity contribution in [3.63, 3.8) is 0 Å². The molecule has 1 amide bonds. The Hall–Kier alpha value is -1.73. The minimum Gasteiger partial charge on any atom is -0.366 e. The number of hydrogen-bond donors (Lipinski definition) is 1. The fourth-order valence-electron chi connectivity index (χ4n) is 2.44. The van der Waals surface area contributed by atoms with Gasteiger partial charge >= 0.3 is 0 Å². The standard InChI is InChI=1S/C14H18N4O2S/c1-9(12-4-3-7-21-12)14(19)18-5-6-20-11(8-18)13-15-10(2)16-17-13/h3-4,7,9,11H,5-6,8H2,1-2H3,(H,15,16,17)/t9-,11-/m1/s1. The summed E-state index contributed by atoms with van der Waals surface area (Å²) in [5, 5.41) is 8.94. The van der Waals surface area contributed by atoms with Crippen molar-refractivity contribution >= 4 is 17.2 Å². The van der Waals surface area contributed by atoms with Crippen LogP contribution >= 0.6 is 11.3 Å². The Morgan fingerprint density at radius 3 is 3.14 bits per heavy atom. The van der Waals surface area contributed by atoms with Crippen LogP contribution in [0.25, 0.3) is 0 Å². The number of rotatable bonds is 3. The number of nitrogens with zero attached hydrogens (tertiary/aromatic N) is 3. The Bertz CT molecular complexity index is 610. The number of H-pyrrole nitrogens is 1. The lowest BCUT2D eigenvalue weighted by molar-refractivity contribution is -0.140. The third-order valence-corrected chi connectivity index (χ3v) is 4.68. The smallest absolute Gasteiger partial charge is 0.230 e. The molecule has 1 N–H and O–H groups in total. The highest BCUT2D eigenvalue weighted by molar-refractivity contribution is 7.10. The van der Waals surface area contributed by atoms with E-state index in [2.05, 4.69) is 15.2 Å². The minimum absolute atomic E-state index is 0.113. The number of carbonyl (C=O) groups excluding carboxylic acids is 1. The molecule has 0 saturated carbocycles. The summed E-state index contributed by atoms with van der Waals surface area (Å²) in [7, 11) is 0. The van der Waals surface area contributed by atoms with Crippen LogP contribution in [0, 0.1) is 6.92 Å².